The summed E-state index contributed by atoms with van der Waals surface area (Å²) in [5.74, 6) is 1.61. The normalized spacial score (nSPS) is 45.3. The maximum Gasteiger partial charge on any atom is 0.0613 e. The van der Waals surface area contributed by atoms with Crippen LogP contribution in [0.1, 0.15) is 52.9 Å². The van der Waals surface area contributed by atoms with Gasteiger partial charge >= 0.3 is 0 Å². The second kappa shape index (κ2) is 6.11. The van der Waals surface area contributed by atoms with Gasteiger partial charge in [-0.1, -0.05) is 13.8 Å². The minimum absolute atomic E-state index is 0.0352. The number of aliphatic hydroxyl groups excluding tert-OH is 1. The van der Waals surface area contributed by atoms with Gasteiger partial charge in [0.1, 0.15) is 0 Å². The zero-order chi connectivity index (χ0) is 14.0. The van der Waals surface area contributed by atoms with Gasteiger partial charge < -0.3 is 10.4 Å². The summed E-state index contributed by atoms with van der Waals surface area (Å²) in [6.07, 6.45) is 6.11. The number of nitrogens with zero attached hydrogens (tertiary/aromatic N) is 1. The predicted octanol–water partition coefficient (Wildman–Crippen LogP) is 2.25. The molecule has 0 aromatic heterocycles. The summed E-state index contributed by atoms with van der Waals surface area (Å²) < 4.78 is 0. The maximum atomic E-state index is 9.75. The van der Waals surface area contributed by atoms with Crippen molar-refractivity contribution in [3.8, 4) is 0 Å². The first-order valence-corrected chi connectivity index (χ1v) is 8.07. The van der Waals surface area contributed by atoms with Crippen molar-refractivity contribution in [3.63, 3.8) is 0 Å². The predicted molar refractivity (Wildman–Crippen MR) is 80.2 cm³/mol. The summed E-state index contributed by atoms with van der Waals surface area (Å²) in [7, 11) is 2.00. The van der Waals surface area contributed by atoms with Crippen molar-refractivity contribution < 1.29 is 5.11 Å². The Morgan fingerprint density at radius 3 is 2.68 bits per heavy atom. The Morgan fingerprint density at radius 1 is 1.32 bits per heavy atom. The highest BCUT2D eigenvalue weighted by molar-refractivity contribution is 4.98. The molecule has 2 aliphatic rings. The van der Waals surface area contributed by atoms with Crippen molar-refractivity contribution in [1.29, 1.82) is 0 Å². The van der Waals surface area contributed by atoms with Crippen LogP contribution in [0.15, 0.2) is 0 Å². The second-order valence-corrected chi connectivity index (χ2v) is 7.19. The van der Waals surface area contributed by atoms with E-state index < -0.39 is 0 Å². The first-order valence-electron chi connectivity index (χ1n) is 8.07. The molecule has 0 spiro atoms. The van der Waals surface area contributed by atoms with Gasteiger partial charge in [-0.2, -0.15) is 0 Å². The molecule has 2 N–H and O–H groups in total. The smallest absolute Gasteiger partial charge is 0.0613 e. The molecule has 5 unspecified atom stereocenters. The minimum atomic E-state index is -0.0352. The Balaban J connectivity index is 2.07. The molecular formula is C16H32N2O. The summed E-state index contributed by atoms with van der Waals surface area (Å²) >= 11 is 0. The van der Waals surface area contributed by atoms with Crippen LogP contribution in [0.5, 0.6) is 0 Å². The zero-order valence-electron chi connectivity index (χ0n) is 13.2. The molecule has 19 heavy (non-hydrogen) atoms. The Bertz CT molecular complexity index is 290. The van der Waals surface area contributed by atoms with Crippen molar-refractivity contribution >= 4 is 0 Å². The molecule has 5 atom stereocenters. The van der Waals surface area contributed by atoms with E-state index in [-0.39, 0.29) is 12.1 Å². The third kappa shape index (κ3) is 3.14. The van der Waals surface area contributed by atoms with Crippen LogP contribution in [0.4, 0.5) is 0 Å². The van der Waals surface area contributed by atoms with Crippen LogP contribution in [0.3, 0.4) is 0 Å². The van der Waals surface area contributed by atoms with Gasteiger partial charge in [-0.25, -0.2) is 0 Å². The van der Waals surface area contributed by atoms with E-state index in [4.69, 9.17) is 0 Å². The highest BCUT2D eigenvalue weighted by Gasteiger charge is 2.40. The van der Waals surface area contributed by atoms with Crippen molar-refractivity contribution in [1.82, 2.24) is 10.2 Å². The van der Waals surface area contributed by atoms with Crippen LogP contribution in [-0.2, 0) is 0 Å². The lowest BCUT2D eigenvalue weighted by atomic mass is 9.76. The highest BCUT2D eigenvalue weighted by atomic mass is 16.3. The van der Waals surface area contributed by atoms with E-state index >= 15 is 0 Å². The number of likely N-dealkylation sites (tertiary alicyclic amines) is 1. The van der Waals surface area contributed by atoms with E-state index in [2.05, 4.69) is 31.0 Å². The van der Waals surface area contributed by atoms with Crippen LogP contribution >= 0.6 is 0 Å². The van der Waals surface area contributed by atoms with Gasteiger partial charge in [-0.15, -0.1) is 0 Å². The average molecular weight is 268 g/mol. The molecule has 0 radical (unpaired) electrons. The van der Waals surface area contributed by atoms with Crippen LogP contribution in [0.25, 0.3) is 0 Å². The average Bonchev–Trinajstić information content (AvgIpc) is 2.42. The Hall–Kier alpha value is -0.120. The van der Waals surface area contributed by atoms with E-state index in [1.54, 1.807) is 0 Å². The van der Waals surface area contributed by atoms with Gasteiger partial charge in [0.2, 0.25) is 0 Å². The summed E-state index contributed by atoms with van der Waals surface area (Å²) in [6, 6.07) is 1.33. The van der Waals surface area contributed by atoms with Crippen LogP contribution in [-0.4, -0.2) is 47.8 Å². The Kier molecular flexibility index (Phi) is 4.91. The van der Waals surface area contributed by atoms with Gasteiger partial charge in [-0.3, -0.25) is 4.90 Å². The van der Waals surface area contributed by atoms with E-state index in [0.717, 1.165) is 24.7 Å². The number of rotatable bonds is 3. The van der Waals surface area contributed by atoms with Crippen molar-refractivity contribution in [2.24, 2.45) is 11.8 Å². The molecule has 0 bridgehead atoms. The SMILES string of the molecule is CNC1(CO)CCCC(N2CC(C)CC(C)C2C)C1. The van der Waals surface area contributed by atoms with Crippen molar-refractivity contribution in [2.45, 2.75) is 70.5 Å². The van der Waals surface area contributed by atoms with E-state index in [1.807, 2.05) is 7.05 Å². The summed E-state index contributed by atoms with van der Waals surface area (Å²) in [5.41, 5.74) is -0.0352. The topological polar surface area (TPSA) is 35.5 Å². The molecule has 1 aliphatic heterocycles. The quantitative estimate of drug-likeness (QED) is 0.824. The highest BCUT2D eigenvalue weighted by Crippen LogP contribution is 2.36. The van der Waals surface area contributed by atoms with Crippen LogP contribution < -0.4 is 5.32 Å². The zero-order valence-corrected chi connectivity index (χ0v) is 13.2. The summed E-state index contributed by atoms with van der Waals surface area (Å²) in [5, 5.41) is 13.1. The minimum Gasteiger partial charge on any atom is -0.394 e. The van der Waals surface area contributed by atoms with Gasteiger partial charge in [0, 0.05) is 24.2 Å². The van der Waals surface area contributed by atoms with E-state index in [9.17, 15) is 5.11 Å². The molecule has 3 heteroatoms. The number of likely N-dealkylation sites (N-methyl/N-ethyl adjacent to an activating group) is 1. The second-order valence-electron chi connectivity index (χ2n) is 7.19. The fourth-order valence-corrected chi connectivity index (χ4v) is 4.30. The number of piperidine rings is 1. The summed E-state index contributed by atoms with van der Waals surface area (Å²) in [4.78, 5) is 2.74. The van der Waals surface area contributed by atoms with E-state index in [1.165, 1.54) is 25.8 Å². The summed E-state index contributed by atoms with van der Waals surface area (Å²) in [6.45, 7) is 8.68. The van der Waals surface area contributed by atoms with Gasteiger partial charge in [0.15, 0.2) is 0 Å². The number of hydrogen-bond donors (Lipinski definition) is 2. The Labute approximate surface area is 118 Å². The molecule has 2 rings (SSSR count). The monoisotopic (exact) mass is 268 g/mol. The first-order chi connectivity index (χ1) is 9.01. The number of hydrogen-bond acceptors (Lipinski definition) is 3. The molecule has 112 valence electrons. The molecular weight excluding hydrogens is 236 g/mol. The number of aliphatic hydroxyl groups is 1. The van der Waals surface area contributed by atoms with Crippen molar-refractivity contribution in [2.75, 3.05) is 20.2 Å². The lowest BCUT2D eigenvalue weighted by Crippen LogP contribution is -2.58. The van der Waals surface area contributed by atoms with Crippen molar-refractivity contribution in [3.05, 3.63) is 0 Å². The molecule has 1 aliphatic carbocycles. The standard InChI is InChI=1S/C16H32N2O/c1-12-8-13(2)14(3)18(10-12)15-6-5-7-16(9-15,11-19)17-4/h12-15,17,19H,5-11H2,1-4H3. The molecule has 0 aromatic rings. The molecule has 1 heterocycles. The molecule has 0 aromatic carbocycles. The largest absolute Gasteiger partial charge is 0.394 e. The van der Waals surface area contributed by atoms with Gasteiger partial charge in [0.05, 0.1) is 6.61 Å². The van der Waals surface area contributed by atoms with Crippen LogP contribution in [0.2, 0.25) is 0 Å². The molecule has 1 saturated heterocycles. The maximum absolute atomic E-state index is 9.75. The molecule has 2 fully saturated rings. The number of nitrogens with one attached hydrogen (secondary N) is 1. The molecule has 0 amide bonds. The fraction of sp³-hybridized carbons (Fsp3) is 1.00. The fourth-order valence-electron chi connectivity index (χ4n) is 4.30. The lowest BCUT2D eigenvalue weighted by molar-refractivity contribution is -0.00283. The first kappa shape index (κ1) is 15.3. The van der Waals surface area contributed by atoms with Gasteiger partial charge in [-0.05, 0) is 57.9 Å². The van der Waals surface area contributed by atoms with Gasteiger partial charge in [0.25, 0.3) is 0 Å². The third-order valence-corrected chi connectivity index (χ3v) is 5.76. The Morgan fingerprint density at radius 2 is 2.05 bits per heavy atom. The molecule has 1 saturated carbocycles. The lowest BCUT2D eigenvalue weighted by Gasteiger charge is -2.50. The third-order valence-electron chi connectivity index (χ3n) is 5.76. The molecule has 3 nitrogen and oxygen atoms in total. The van der Waals surface area contributed by atoms with Crippen LogP contribution in [0, 0.1) is 11.8 Å². The van der Waals surface area contributed by atoms with E-state index in [0.29, 0.717) is 12.1 Å².